The number of benzene rings is 2. The van der Waals surface area contributed by atoms with E-state index in [-0.39, 0.29) is 23.1 Å². The molecular weight excluding hydrogens is 340 g/mol. The summed E-state index contributed by atoms with van der Waals surface area (Å²) in [6.45, 7) is 0.569. The lowest BCUT2D eigenvalue weighted by molar-refractivity contribution is 0.0693. The molecule has 0 bridgehead atoms. The Morgan fingerprint density at radius 3 is 2.37 bits per heavy atom. The van der Waals surface area contributed by atoms with E-state index in [1.54, 1.807) is 12.1 Å². The Bertz CT molecular complexity index is 914. The molecule has 1 aliphatic carbocycles. The van der Waals surface area contributed by atoms with Crippen molar-refractivity contribution in [3.63, 3.8) is 0 Å². The number of hydrogen-bond donors (Lipinski definition) is 1. The molecule has 1 N–H and O–H groups in total. The number of imide groups is 1. The molecule has 2 aromatic carbocycles. The molecule has 0 aromatic heterocycles. The van der Waals surface area contributed by atoms with Gasteiger partial charge in [0.25, 0.3) is 17.7 Å². The van der Waals surface area contributed by atoms with Crippen LogP contribution in [-0.4, -0.2) is 36.2 Å². The van der Waals surface area contributed by atoms with Crippen LogP contribution in [0.4, 0.5) is 0 Å². The van der Waals surface area contributed by atoms with E-state index >= 15 is 0 Å². The van der Waals surface area contributed by atoms with E-state index in [4.69, 9.17) is 0 Å². The van der Waals surface area contributed by atoms with Crippen molar-refractivity contribution in [1.82, 2.24) is 10.2 Å². The van der Waals surface area contributed by atoms with Gasteiger partial charge in [-0.1, -0.05) is 43.2 Å². The first-order chi connectivity index (χ1) is 13.0. The van der Waals surface area contributed by atoms with Crippen LogP contribution in [0.5, 0.6) is 0 Å². The first kappa shape index (κ1) is 17.5. The minimum absolute atomic E-state index is 0.0281. The van der Waals surface area contributed by atoms with E-state index in [1.807, 2.05) is 18.2 Å². The fourth-order valence-electron chi connectivity index (χ4n) is 4.27. The monoisotopic (exact) mass is 362 g/mol. The topological polar surface area (TPSA) is 66.5 Å². The summed E-state index contributed by atoms with van der Waals surface area (Å²) < 4.78 is 0. The van der Waals surface area contributed by atoms with Gasteiger partial charge in [0.2, 0.25) is 0 Å². The highest BCUT2D eigenvalue weighted by atomic mass is 16.2. The van der Waals surface area contributed by atoms with Gasteiger partial charge in [-0.15, -0.1) is 0 Å². The molecule has 5 nitrogen and oxygen atoms in total. The summed E-state index contributed by atoms with van der Waals surface area (Å²) in [5.74, 6) is -0.896. The largest absolute Gasteiger partial charge is 0.351 e. The number of carbonyl (C=O) groups excluding carboxylic acids is 3. The van der Waals surface area contributed by atoms with E-state index in [0.717, 1.165) is 30.6 Å². The van der Waals surface area contributed by atoms with Crippen LogP contribution in [0.3, 0.4) is 0 Å². The summed E-state index contributed by atoms with van der Waals surface area (Å²) in [7, 11) is 1.45. The number of hydrogen-bond acceptors (Lipinski definition) is 3. The normalized spacial score (nSPS) is 17.9. The summed E-state index contributed by atoms with van der Waals surface area (Å²) in [6, 6.07) is 15.1. The van der Waals surface area contributed by atoms with Crippen LogP contribution in [0.15, 0.2) is 48.5 Å². The molecule has 0 spiro atoms. The maximum absolute atomic E-state index is 12.7. The molecule has 2 aliphatic rings. The zero-order valence-electron chi connectivity index (χ0n) is 15.3. The minimum atomic E-state index is -0.360. The van der Waals surface area contributed by atoms with Crippen LogP contribution in [0.25, 0.3) is 0 Å². The van der Waals surface area contributed by atoms with Gasteiger partial charge in [-0.05, 0) is 36.6 Å². The predicted octanol–water partition coefficient (Wildman–Crippen LogP) is 3.15. The number of amides is 3. The number of fused-ring (bicyclic) bond motifs is 1. The van der Waals surface area contributed by atoms with E-state index < -0.39 is 0 Å². The molecule has 5 heteroatoms. The smallest absolute Gasteiger partial charge is 0.261 e. The van der Waals surface area contributed by atoms with Crippen LogP contribution < -0.4 is 5.32 Å². The first-order valence-electron chi connectivity index (χ1n) is 9.32. The van der Waals surface area contributed by atoms with Gasteiger partial charge < -0.3 is 5.32 Å². The van der Waals surface area contributed by atoms with Gasteiger partial charge in [0.15, 0.2) is 0 Å². The Labute approximate surface area is 158 Å². The van der Waals surface area contributed by atoms with Gasteiger partial charge in [0.1, 0.15) is 0 Å². The maximum Gasteiger partial charge on any atom is 0.261 e. The quantitative estimate of drug-likeness (QED) is 0.850. The highest BCUT2D eigenvalue weighted by Gasteiger charge is 2.36. The summed E-state index contributed by atoms with van der Waals surface area (Å²) in [4.78, 5) is 38.0. The van der Waals surface area contributed by atoms with Gasteiger partial charge in [0.05, 0.1) is 11.1 Å². The van der Waals surface area contributed by atoms with Gasteiger partial charge in [0, 0.05) is 24.6 Å². The predicted molar refractivity (Wildman–Crippen MR) is 102 cm³/mol. The van der Waals surface area contributed by atoms with Gasteiger partial charge in [-0.3, -0.25) is 19.3 Å². The third-order valence-corrected chi connectivity index (χ3v) is 5.89. The van der Waals surface area contributed by atoms with Crippen molar-refractivity contribution < 1.29 is 14.4 Å². The molecule has 1 aliphatic heterocycles. The molecule has 138 valence electrons. The van der Waals surface area contributed by atoms with Crippen molar-refractivity contribution in [1.29, 1.82) is 0 Å². The molecule has 0 saturated heterocycles. The average Bonchev–Trinajstić information content (AvgIpc) is 3.27. The lowest BCUT2D eigenvalue weighted by Gasteiger charge is -2.30. The molecule has 4 rings (SSSR count). The number of nitrogens with zero attached hydrogens (tertiary/aromatic N) is 1. The van der Waals surface area contributed by atoms with Gasteiger partial charge in [-0.2, -0.15) is 0 Å². The van der Waals surface area contributed by atoms with E-state index in [9.17, 15) is 14.4 Å². The number of rotatable bonds is 4. The fourth-order valence-corrected chi connectivity index (χ4v) is 4.27. The minimum Gasteiger partial charge on any atom is -0.351 e. The average molecular weight is 362 g/mol. The Kier molecular flexibility index (Phi) is 4.30. The molecule has 0 atom stereocenters. The van der Waals surface area contributed by atoms with Crippen molar-refractivity contribution in [3.8, 4) is 0 Å². The summed E-state index contributed by atoms with van der Waals surface area (Å²) >= 11 is 0. The van der Waals surface area contributed by atoms with Gasteiger partial charge >= 0.3 is 0 Å². The third kappa shape index (κ3) is 2.93. The van der Waals surface area contributed by atoms with Crippen LogP contribution in [0, 0.1) is 0 Å². The Morgan fingerprint density at radius 1 is 1.00 bits per heavy atom. The zero-order valence-corrected chi connectivity index (χ0v) is 15.3. The summed E-state index contributed by atoms with van der Waals surface area (Å²) in [5, 5.41) is 3.06. The molecule has 1 saturated carbocycles. The zero-order chi connectivity index (χ0) is 19.0. The first-order valence-corrected chi connectivity index (χ1v) is 9.32. The Hall–Kier alpha value is -2.95. The maximum atomic E-state index is 12.7. The molecule has 1 heterocycles. The summed E-state index contributed by atoms with van der Waals surface area (Å²) in [6.07, 6.45) is 4.43. The second kappa shape index (κ2) is 6.65. The standard InChI is InChI=1S/C22H22N2O3/c1-24-20(26)17-10-9-15(13-18(17)21(24)27)19(25)23-14-22(11-5-6-12-22)16-7-3-2-4-8-16/h2-4,7-10,13H,5-6,11-12,14H2,1H3,(H,23,25). The number of nitrogens with one attached hydrogen (secondary N) is 1. The molecule has 0 unspecified atom stereocenters. The second-order valence-corrected chi connectivity index (χ2v) is 7.47. The SMILES string of the molecule is CN1C(=O)c2ccc(C(=O)NCC3(c4ccccc4)CCCC3)cc2C1=O. The molecule has 27 heavy (non-hydrogen) atoms. The molecule has 2 aromatic rings. The molecule has 1 fully saturated rings. The Morgan fingerprint density at radius 2 is 1.67 bits per heavy atom. The fraction of sp³-hybridized carbons (Fsp3) is 0.318. The van der Waals surface area contributed by atoms with Crippen molar-refractivity contribution in [2.75, 3.05) is 13.6 Å². The molecule has 0 radical (unpaired) electrons. The third-order valence-electron chi connectivity index (χ3n) is 5.89. The lowest BCUT2D eigenvalue weighted by atomic mass is 9.79. The Balaban J connectivity index is 1.53. The van der Waals surface area contributed by atoms with Crippen LogP contribution in [0.2, 0.25) is 0 Å². The van der Waals surface area contributed by atoms with Crippen molar-refractivity contribution in [2.45, 2.75) is 31.1 Å². The van der Waals surface area contributed by atoms with E-state index in [0.29, 0.717) is 23.2 Å². The molecule has 3 amide bonds. The van der Waals surface area contributed by atoms with E-state index in [2.05, 4.69) is 17.4 Å². The van der Waals surface area contributed by atoms with Crippen LogP contribution in [0.1, 0.15) is 62.3 Å². The van der Waals surface area contributed by atoms with Crippen LogP contribution >= 0.6 is 0 Å². The second-order valence-electron chi connectivity index (χ2n) is 7.47. The van der Waals surface area contributed by atoms with Crippen molar-refractivity contribution in [2.24, 2.45) is 0 Å². The summed E-state index contributed by atoms with van der Waals surface area (Å²) in [5.41, 5.74) is 2.30. The van der Waals surface area contributed by atoms with Crippen LogP contribution in [-0.2, 0) is 5.41 Å². The highest BCUT2D eigenvalue weighted by molar-refractivity contribution is 6.21. The molecular formula is C22H22N2O3. The van der Waals surface area contributed by atoms with Crippen molar-refractivity contribution in [3.05, 3.63) is 70.8 Å². The van der Waals surface area contributed by atoms with E-state index in [1.165, 1.54) is 18.7 Å². The lowest BCUT2D eigenvalue weighted by Crippen LogP contribution is -2.39. The van der Waals surface area contributed by atoms with Gasteiger partial charge in [-0.25, -0.2) is 0 Å². The van der Waals surface area contributed by atoms with Crippen molar-refractivity contribution >= 4 is 17.7 Å². The highest BCUT2D eigenvalue weighted by Crippen LogP contribution is 2.40. The number of carbonyl (C=O) groups is 3.